The summed E-state index contributed by atoms with van der Waals surface area (Å²) in [6.45, 7) is 0. The summed E-state index contributed by atoms with van der Waals surface area (Å²) in [6.07, 6.45) is 19.8. The minimum Gasteiger partial charge on any atom is -0.0845 e. The molecule has 14 heavy (non-hydrogen) atoms. The summed E-state index contributed by atoms with van der Waals surface area (Å²) in [7, 11) is 0. The third-order valence-corrected chi connectivity index (χ3v) is 3.66. The van der Waals surface area contributed by atoms with Crippen molar-refractivity contribution >= 4 is 0 Å². The van der Waals surface area contributed by atoms with Gasteiger partial charge in [0.05, 0.1) is 0 Å². The Bertz CT molecular complexity index is 222. The van der Waals surface area contributed by atoms with Crippen LogP contribution in [-0.4, -0.2) is 0 Å². The second-order valence-corrected chi connectivity index (χ2v) is 4.75. The fourth-order valence-corrected chi connectivity index (χ4v) is 2.79. The molecule has 0 aliphatic heterocycles. The van der Waals surface area contributed by atoms with Crippen LogP contribution in [0.4, 0.5) is 0 Å². The van der Waals surface area contributed by atoms with E-state index in [1.165, 1.54) is 57.8 Å². The van der Waals surface area contributed by atoms with Crippen LogP contribution in [0.25, 0.3) is 0 Å². The van der Waals surface area contributed by atoms with Gasteiger partial charge in [-0.05, 0) is 44.4 Å². The van der Waals surface area contributed by atoms with Gasteiger partial charge in [-0.25, -0.2) is 0 Å². The van der Waals surface area contributed by atoms with Crippen LogP contribution >= 0.6 is 0 Å². The van der Waals surface area contributed by atoms with Crippen molar-refractivity contribution in [1.29, 1.82) is 0 Å². The molecule has 1 atom stereocenters. The van der Waals surface area contributed by atoms with E-state index in [4.69, 9.17) is 0 Å². The molecule has 0 saturated heterocycles. The van der Waals surface area contributed by atoms with Crippen molar-refractivity contribution in [2.45, 2.75) is 57.8 Å². The first kappa shape index (κ1) is 10.0. The number of hydrogen-bond acceptors (Lipinski definition) is 0. The molecule has 2 rings (SSSR count). The van der Waals surface area contributed by atoms with Crippen molar-refractivity contribution in [3.05, 3.63) is 23.8 Å². The molecule has 0 aromatic rings. The Morgan fingerprint density at radius 3 is 2.79 bits per heavy atom. The summed E-state index contributed by atoms with van der Waals surface area (Å²) < 4.78 is 0. The number of rotatable bonds is 0. The largest absolute Gasteiger partial charge is 0.0845 e. The lowest BCUT2D eigenvalue weighted by Gasteiger charge is -2.10. The molecule has 0 spiro atoms. The van der Waals surface area contributed by atoms with Gasteiger partial charge in [0.1, 0.15) is 0 Å². The first-order chi connectivity index (χ1) is 6.97. The molecule has 0 heterocycles. The maximum atomic E-state index is 2.41. The Balaban J connectivity index is 1.99. The lowest BCUT2D eigenvalue weighted by Crippen LogP contribution is -1.96. The summed E-state index contributed by atoms with van der Waals surface area (Å²) in [4.78, 5) is 0. The van der Waals surface area contributed by atoms with E-state index in [1.54, 1.807) is 5.57 Å². The van der Waals surface area contributed by atoms with Crippen molar-refractivity contribution in [1.82, 2.24) is 0 Å². The van der Waals surface area contributed by atoms with Gasteiger partial charge in [-0.2, -0.15) is 0 Å². The molecule has 2 aliphatic rings. The van der Waals surface area contributed by atoms with E-state index >= 15 is 0 Å². The van der Waals surface area contributed by atoms with E-state index in [-0.39, 0.29) is 0 Å². The topological polar surface area (TPSA) is 0 Å². The number of allylic oxidation sites excluding steroid dienone is 4. The summed E-state index contributed by atoms with van der Waals surface area (Å²) in [5.41, 5.74) is 1.74. The van der Waals surface area contributed by atoms with Gasteiger partial charge in [0.25, 0.3) is 0 Å². The molecule has 0 amide bonds. The van der Waals surface area contributed by atoms with Gasteiger partial charge in [0.2, 0.25) is 0 Å². The Morgan fingerprint density at radius 1 is 0.929 bits per heavy atom. The van der Waals surface area contributed by atoms with Crippen LogP contribution in [0.15, 0.2) is 23.8 Å². The standard InChI is InChI=1S/C14H22/c1-2-4-6-9-13-11-8-12-14(13)10-7-5-3-1/h4,6,9,14H,1-3,5,7-8,10-12H2/b6-4+,13-9-. The van der Waals surface area contributed by atoms with Crippen molar-refractivity contribution in [2.24, 2.45) is 5.92 Å². The maximum absolute atomic E-state index is 2.41. The van der Waals surface area contributed by atoms with Gasteiger partial charge in [0.15, 0.2) is 0 Å². The zero-order valence-electron chi connectivity index (χ0n) is 9.17. The normalized spacial score (nSPS) is 35.1. The van der Waals surface area contributed by atoms with Gasteiger partial charge in [-0.1, -0.05) is 43.1 Å². The molecule has 1 saturated carbocycles. The van der Waals surface area contributed by atoms with E-state index in [0.29, 0.717) is 0 Å². The molecule has 1 unspecified atom stereocenters. The monoisotopic (exact) mass is 190 g/mol. The van der Waals surface area contributed by atoms with Crippen LogP contribution in [0, 0.1) is 5.92 Å². The second kappa shape index (κ2) is 5.38. The van der Waals surface area contributed by atoms with Crippen LogP contribution < -0.4 is 0 Å². The van der Waals surface area contributed by atoms with Crippen molar-refractivity contribution < 1.29 is 0 Å². The summed E-state index contributed by atoms with van der Waals surface area (Å²) >= 11 is 0. The van der Waals surface area contributed by atoms with Gasteiger partial charge >= 0.3 is 0 Å². The number of hydrogen-bond donors (Lipinski definition) is 0. The Morgan fingerprint density at radius 2 is 1.79 bits per heavy atom. The molecular weight excluding hydrogens is 168 g/mol. The summed E-state index contributed by atoms with van der Waals surface area (Å²) in [5.74, 6) is 0.942. The second-order valence-electron chi connectivity index (χ2n) is 4.75. The van der Waals surface area contributed by atoms with Crippen molar-refractivity contribution in [3.63, 3.8) is 0 Å². The quantitative estimate of drug-likeness (QED) is 0.522. The minimum atomic E-state index is 0.942. The highest BCUT2D eigenvalue weighted by molar-refractivity contribution is 5.18. The smallest absolute Gasteiger partial charge is 0.0200 e. The first-order valence-corrected chi connectivity index (χ1v) is 6.32. The molecular formula is C14H22. The summed E-state index contributed by atoms with van der Waals surface area (Å²) in [5, 5.41) is 0. The molecule has 0 heteroatoms. The fraction of sp³-hybridized carbons (Fsp3) is 0.714. The fourth-order valence-electron chi connectivity index (χ4n) is 2.79. The highest BCUT2D eigenvalue weighted by atomic mass is 14.2. The molecule has 78 valence electrons. The highest BCUT2D eigenvalue weighted by Crippen LogP contribution is 2.35. The molecule has 0 N–H and O–H groups in total. The van der Waals surface area contributed by atoms with Gasteiger partial charge < -0.3 is 0 Å². The Labute approximate surface area is 88.1 Å². The molecule has 1 fully saturated rings. The predicted octanol–water partition coefficient (Wildman–Crippen LogP) is 4.62. The van der Waals surface area contributed by atoms with Crippen LogP contribution in [0.3, 0.4) is 0 Å². The highest BCUT2D eigenvalue weighted by Gasteiger charge is 2.19. The van der Waals surface area contributed by atoms with E-state index in [0.717, 1.165) is 5.92 Å². The minimum absolute atomic E-state index is 0.942. The zero-order chi connectivity index (χ0) is 9.64. The molecule has 0 bridgehead atoms. The van der Waals surface area contributed by atoms with Gasteiger partial charge in [-0.3, -0.25) is 0 Å². The molecule has 0 radical (unpaired) electrons. The van der Waals surface area contributed by atoms with Gasteiger partial charge in [-0.15, -0.1) is 0 Å². The third-order valence-electron chi connectivity index (χ3n) is 3.66. The third kappa shape index (κ3) is 2.73. The average Bonchev–Trinajstić information content (AvgIpc) is 2.61. The van der Waals surface area contributed by atoms with E-state index in [2.05, 4.69) is 18.2 Å². The van der Waals surface area contributed by atoms with Crippen LogP contribution in [0.5, 0.6) is 0 Å². The Hall–Kier alpha value is -0.520. The SMILES string of the molecule is C1=C2/CCCC2CCCCCC/C=C/1. The van der Waals surface area contributed by atoms with Crippen LogP contribution in [0.2, 0.25) is 0 Å². The van der Waals surface area contributed by atoms with Gasteiger partial charge in [0, 0.05) is 0 Å². The van der Waals surface area contributed by atoms with Crippen LogP contribution in [0.1, 0.15) is 57.8 Å². The van der Waals surface area contributed by atoms with Crippen LogP contribution in [-0.2, 0) is 0 Å². The average molecular weight is 190 g/mol. The Kier molecular flexibility index (Phi) is 3.85. The van der Waals surface area contributed by atoms with E-state index < -0.39 is 0 Å². The zero-order valence-corrected chi connectivity index (χ0v) is 9.17. The lowest BCUT2D eigenvalue weighted by atomic mass is 9.95. The molecule has 0 aromatic carbocycles. The predicted molar refractivity (Wildman–Crippen MR) is 62.3 cm³/mol. The maximum Gasteiger partial charge on any atom is -0.0200 e. The molecule has 0 nitrogen and oxygen atoms in total. The molecule has 0 aromatic heterocycles. The summed E-state index contributed by atoms with van der Waals surface area (Å²) in [6, 6.07) is 0. The van der Waals surface area contributed by atoms with Crippen molar-refractivity contribution in [2.75, 3.05) is 0 Å². The first-order valence-electron chi connectivity index (χ1n) is 6.32. The van der Waals surface area contributed by atoms with E-state index in [9.17, 15) is 0 Å². The molecule has 2 aliphatic carbocycles. The lowest BCUT2D eigenvalue weighted by molar-refractivity contribution is 0.516. The van der Waals surface area contributed by atoms with Crippen molar-refractivity contribution in [3.8, 4) is 0 Å². The number of fused-ring (bicyclic) bond motifs is 1. The van der Waals surface area contributed by atoms with E-state index in [1.807, 2.05) is 0 Å².